The molecule has 0 aliphatic carbocycles. The Labute approximate surface area is 101 Å². The summed E-state index contributed by atoms with van der Waals surface area (Å²) >= 11 is 1.09. The van der Waals surface area contributed by atoms with Gasteiger partial charge in [0.05, 0.1) is 16.5 Å². The zero-order valence-electron chi connectivity index (χ0n) is 8.67. The van der Waals surface area contributed by atoms with Gasteiger partial charge < -0.3 is 5.11 Å². The zero-order valence-corrected chi connectivity index (χ0v) is 10.3. The van der Waals surface area contributed by atoms with Crippen molar-refractivity contribution >= 4 is 43.4 Å². The average molecular weight is 272 g/mol. The molecule has 0 fully saturated rings. The summed E-state index contributed by atoms with van der Waals surface area (Å²) in [6.07, 6.45) is 1.02. The number of carboxylic acids is 1. The Morgan fingerprint density at radius 3 is 2.76 bits per heavy atom. The maximum Gasteiger partial charge on any atom is 0.345 e. The van der Waals surface area contributed by atoms with Crippen molar-refractivity contribution in [2.24, 2.45) is 0 Å². The summed E-state index contributed by atoms with van der Waals surface area (Å²) in [7, 11) is -3.38. The van der Waals surface area contributed by atoms with Gasteiger partial charge in [0.25, 0.3) is 0 Å². The normalized spacial score (nSPS) is 11.6. The van der Waals surface area contributed by atoms with Gasteiger partial charge in [0, 0.05) is 0 Å². The van der Waals surface area contributed by atoms with Gasteiger partial charge >= 0.3 is 5.97 Å². The van der Waals surface area contributed by atoms with Crippen molar-refractivity contribution in [1.82, 2.24) is 4.98 Å². The fourth-order valence-corrected chi connectivity index (χ4v) is 2.61. The van der Waals surface area contributed by atoms with Crippen LogP contribution in [0, 0.1) is 0 Å². The fourth-order valence-electron chi connectivity index (χ4n) is 1.28. The van der Waals surface area contributed by atoms with Gasteiger partial charge in [-0.1, -0.05) is 0 Å². The number of hydrogen-bond acceptors (Lipinski definition) is 5. The summed E-state index contributed by atoms with van der Waals surface area (Å²) in [6.45, 7) is 0. The summed E-state index contributed by atoms with van der Waals surface area (Å²) in [6, 6.07) is 4.54. The number of nitrogens with one attached hydrogen (secondary N) is 1. The van der Waals surface area contributed by atoms with E-state index in [-0.39, 0.29) is 10.7 Å². The van der Waals surface area contributed by atoms with Crippen molar-refractivity contribution in [1.29, 1.82) is 0 Å². The van der Waals surface area contributed by atoms with Crippen LogP contribution in [0.3, 0.4) is 0 Å². The summed E-state index contributed by atoms with van der Waals surface area (Å²) in [5.74, 6) is -0.847. The number of aromatic nitrogens is 1. The molecule has 0 radical (unpaired) electrons. The number of carboxylic acid groups (broad SMARTS) is 1. The Kier molecular flexibility index (Phi) is 2.76. The van der Waals surface area contributed by atoms with E-state index in [4.69, 9.17) is 5.11 Å². The molecule has 2 rings (SSSR count). The number of anilines is 1. The highest BCUT2D eigenvalue weighted by molar-refractivity contribution is 7.92. The van der Waals surface area contributed by atoms with E-state index in [1.807, 2.05) is 0 Å². The summed E-state index contributed by atoms with van der Waals surface area (Å²) < 4.78 is 24.9. The second-order valence-electron chi connectivity index (χ2n) is 3.37. The topological polar surface area (TPSA) is 96.4 Å². The minimum absolute atomic E-state index is 0.170. The molecule has 2 aromatic heterocycles. The second-order valence-corrected chi connectivity index (χ2v) is 6.20. The van der Waals surface area contributed by atoms with E-state index < -0.39 is 16.0 Å². The summed E-state index contributed by atoms with van der Waals surface area (Å²) in [5.41, 5.74) is 0.459. The minimum Gasteiger partial charge on any atom is -0.477 e. The van der Waals surface area contributed by atoms with Crippen molar-refractivity contribution in [3.63, 3.8) is 0 Å². The van der Waals surface area contributed by atoms with Crippen LogP contribution in [-0.4, -0.2) is 30.7 Å². The van der Waals surface area contributed by atoms with Crippen LogP contribution in [0.4, 0.5) is 5.82 Å². The highest BCUT2D eigenvalue weighted by Crippen LogP contribution is 2.25. The van der Waals surface area contributed by atoms with E-state index in [1.54, 1.807) is 6.07 Å². The van der Waals surface area contributed by atoms with E-state index in [1.165, 1.54) is 12.1 Å². The number of sulfonamides is 1. The molecule has 90 valence electrons. The molecule has 2 aromatic rings. The predicted octanol–water partition coefficient (Wildman–Crippen LogP) is 1.37. The Hall–Kier alpha value is -1.67. The van der Waals surface area contributed by atoms with Gasteiger partial charge in [-0.15, -0.1) is 11.3 Å². The highest BCUT2D eigenvalue weighted by atomic mass is 32.2. The van der Waals surface area contributed by atoms with Crippen molar-refractivity contribution in [2.75, 3.05) is 11.0 Å². The number of nitrogens with zero attached hydrogens (tertiary/aromatic N) is 1. The van der Waals surface area contributed by atoms with Crippen LogP contribution in [0.15, 0.2) is 18.2 Å². The molecule has 0 saturated heterocycles. The SMILES string of the molecule is CS(=O)(=O)Nc1ccc2sc(C(=O)O)cc2n1. The van der Waals surface area contributed by atoms with Gasteiger partial charge in [0.15, 0.2) is 0 Å². The molecule has 0 saturated carbocycles. The fraction of sp³-hybridized carbons (Fsp3) is 0.111. The second kappa shape index (κ2) is 3.97. The number of pyridine rings is 1. The number of hydrogen-bond donors (Lipinski definition) is 2. The van der Waals surface area contributed by atoms with Crippen LogP contribution in [0.5, 0.6) is 0 Å². The molecule has 6 nitrogen and oxygen atoms in total. The quantitative estimate of drug-likeness (QED) is 0.879. The third kappa shape index (κ3) is 2.71. The largest absolute Gasteiger partial charge is 0.477 e. The molecule has 0 bridgehead atoms. The molecule has 0 spiro atoms. The van der Waals surface area contributed by atoms with E-state index in [9.17, 15) is 13.2 Å². The molecule has 0 aliphatic heterocycles. The maximum atomic E-state index is 11.0. The Morgan fingerprint density at radius 2 is 2.18 bits per heavy atom. The lowest BCUT2D eigenvalue weighted by Crippen LogP contribution is -2.10. The standard InChI is InChI=1S/C9H8N2O4S2/c1-17(14,15)11-8-3-2-6-5(10-8)4-7(16-6)9(12)13/h2-4H,1H3,(H,10,11)(H,12,13). The molecule has 2 heterocycles. The summed E-state index contributed by atoms with van der Waals surface area (Å²) in [5, 5.41) is 8.81. The number of rotatable bonds is 3. The van der Waals surface area contributed by atoms with Crippen molar-refractivity contribution in [3.8, 4) is 0 Å². The Bertz CT molecular complexity index is 690. The molecular weight excluding hydrogens is 264 g/mol. The van der Waals surface area contributed by atoms with Crippen LogP contribution in [0.2, 0.25) is 0 Å². The first-order chi connectivity index (χ1) is 7.85. The molecule has 8 heteroatoms. The molecule has 2 N–H and O–H groups in total. The average Bonchev–Trinajstić information content (AvgIpc) is 2.57. The first-order valence-corrected chi connectivity index (χ1v) is 7.17. The lowest BCUT2D eigenvalue weighted by atomic mass is 10.3. The number of aromatic carboxylic acids is 1. The molecule has 0 aliphatic rings. The zero-order chi connectivity index (χ0) is 12.6. The summed E-state index contributed by atoms with van der Waals surface area (Å²) in [4.78, 5) is 14.9. The monoisotopic (exact) mass is 272 g/mol. The van der Waals surface area contributed by atoms with Gasteiger partial charge in [-0.25, -0.2) is 18.2 Å². The maximum absolute atomic E-state index is 11.0. The molecule has 0 unspecified atom stereocenters. The van der Waals surface area contributed by atoms with Crippen LogP contribution < -0.4 is 4.72 Å². The van der Waals surface area contributed by atoms with E-state index in [2.05, 4.69) is 9.71 Å². The number of carbonyl (C=O) groups is 1. The van der Waals surface area contributed by atoms with Crippen molar-refractivity contribution in [3.05, 3.63) is 23.1 Å². The van der Waals surface area contributed by atoms with Crippen LogP contribution in [0.1, 0.15) is 9.67 Å². The van der Waals surface area contributed by atoms with Crippen LogP contribution >= 0.6 is 11.3 Å². The van der Waals surface area contributed by atoms with Crippen molar-refractivity contribution < 1.29 is 18.3 Å². The minimum atomic E-state index is -3.38. The van der Waals surface area contributed by atoms with Gasteiger partial charge in [0.1, 0.15) is 10.7 Å². The van der Waals surface area contributed by atoms with E-state index in [0.717, 1.165) is 17.6 Å². The highest BCUT2D eigenvalue weighted by Gasteiger charge is 2.10. The van der Waals surface area contributed by atoms with E-state index in [0.29, 0.717) is 10.2 Å². The molecular formula is C9H8N2O4S2. The Balaban J connectivity index is 2.47. The van der Waals surface area contributed by atoms with Crippen LogP contribution in [0.25, 0.3) is 10.2 Å². The van der Waals surface area contributed by atoms with Gasteiger partial charge in [0.2, 0.25) is 10.0 Å². The third-order valence-electron chi connectivity index (χ3n) is 1.87. The first kappa shape index (κ1) is 11.8. The molecule has 0 atom stereocenters. The van der Waals surface area contributed by atoms with Crippen LogP contribution in [-0.2, 0) is 10.0 Å². The van der Waals surface area contributed by atoms with Crippen molar-refractivity contribution in [2.45, 2.75) is 0 Å². The van der Waals surface area contributed by atoms with E-state index >= 15 is 0 Å². The number of thiophene rings is 1. The number of fused-ring (bicyclic) bond motifs is 1. The molecule has 0 aromatic carbocycles. The third-order valence-corrected chi connectivity index (χ3v) is 3.53. The first-order valence-electron chi connectivity index (χ1n) is 4.47. The van der Waals surface area contributed by atoms with Gasteiger partial charge in [-0.2, -0.15) is 0 Å². The lowest BCUT2D eigenvalue weighted by Gasteiger charge is -2.01. The predicted molar refractivity (Wildman–Crippen MR) is 65.0 cm³/mol. The van der Waals surface area contributed by atoms with Gasteiger partial charge in [-0.05, 0) is 18.2 Å². The lowest BCUT2D eigenvalue weighted by molar-refractivity contribution is 0.0702. The Morgan fingerprint density at radius 1 is 1.47 bits per heavy atom. The van der Waals surface area contributed by atoms with Gasteiger partial charge in [-0.3, -0.25) is 4.72 Å². The smallest absolute Gasteiger partial charge is 0.345 e. The molecule has 17 heavy (non-hydrogen) atoms. The molecule has 0 amide bonds.